The van der Waals surface area contributed by atoms with Gasteiger partial charge >= 0.3 is 83.8 Å². The van der Waals surface area contributed by atoms with E-state index in [-0.39, 0.29) is 0 Å². The van der Waals surface area contributed by atoms with Gasteiger partial charge in [-0.2, -0.15) is 0 Å². The third-order valence-corrected chi connectivity index (χ3v) is 4.87. The van der Waals surface area contributed by atoms with Crippen molar-refractivity contribution in [1.82, 2.24) is 0 Å². The van der Waals surface area contributed by atoms with E-state index in [9.17, 15) is 47.7 Å². The fourth-order valence-corrected chi connectivity index (χ4v) is 2.36. The van der Waals surface area contributed by atoms with Gasteiger partial charge in [0.15, 0.2) is 0 Å². The molecule has 96 valence electrons. The number of hydrogen-bond donors (Lipinski definition) is 0. The quantitative estimate of drug-likeness (QED) is 0.563. The molecule has 0 spiro atoms. The molecule has 0 amide bonds. The maximum absolute atomic E-state index is 12.0. The standard InChI is InChI=1S/C4F10GeO/c5-1(6,7)3(11,12)15(16)4(13,14)2(8,9)10. The van der Waals surface area contributed by atoms with E-state index in [2.05, 4.69) is 0 Å². The van der Waals surface area contributed by atoms with Crippen LogP contribution in [0.5, 0.6) is 0 Å². The van der Waals surface area contributed by atoms with Crippen molar-refractivity contribution < 1.29 is 47.7 Å². The summed E-state index contributed by atoms with van der Waals surface area (Å²) in [5.41, 5.74) is 0. The summed E-state index contributed by atoms with van der Waals surface area (Å²) in [4.78, 5) is 0. The Morgan fingerprint density at radius 3 is 0.875 bits per heavy atom. The maximum atomic E-state index is 12.0. The van der Waals surface area contributed by atoms with Gasteiger partial charge in [0.05, 0.1) is 0 Å². The molecule has 0 aromatic carbocycles. The zero-order chi connectivity index (χ0) is 13.6. The van der Waals surface area contributed by atoms with Crippen LogP contribution in [0.4, 0.5) is 43.9 Å². The van der Waals surface area contributed by atoms with Gasteiger partial charge in [-0.05, 0) is 0 Å². The van der Waals surface area contributed by atoms with Crippen molar-refractivity contribution in [2.75, 3.05) is 0 Å². The van der Waals surface area contributed by atoms with E-state index in [1.165, 1.54) is 0 Å². The van der Waals surface area contributed by atoms with Gasteiger partial charge in [-0.3, -0.25) is 0 Å². The van der Waals surface area contributed by atoms with E-state index in [0.717, 1.165) is 0 Å². The monoisotopic (exact) mass is 328 g/mol. The molecule has 12 heteroatoms. The molecule has 0 aliphatic rings. The van der Waals surface area contributed by atoms with E-state index >= 15 is 0 Å². The summed E-state index contributed by atoms with van der Waals surface area (Å²) < 4.78 is 113. The van der Waals surface area contributed by atoms with Gasteiger partial charge in [-0.15, -0.1) is 0 Å². The molecule has 0 heterocycles. The van der Waals surface area contributed by atoms with Crippen molar-refractivity contribution in [2.24, 2.45) is 0 Å². The molecule has 0 rings (SSSR count). The minimum atomic E-state index is -7.35. The summed E-state index contributed by atoms with van der Waals surface area (Å²) in [5, 5.41) is 0. The van der Waals surface area contributed by atoms with Gasteiger partial charge in [0.25, 0.3) is 0 Å². The van der Waals surface area contributed by atoms with E-state index in [4.69, 9.17) is 0 Å². The average Bonchev–Trinajstić information content (AvgIpc) is 1.98. The molecule has 0 saturated carbocycles. The van der Waals surface area contributed by atoms with E-state index in [0.29, 0.717) is 0 Å². The number of alkyl halides is 10. The number of rotatable bonds is 2. The van der Waals surface area contributed by atoms with Crippen molar-refractivity contribution in [3.05, 3.63) is 0 Å². The third kappa shape index (κ3) is 2.48. The summed E-state index contributed by atoms with van der Waals surface area (Å²) in [6.07, 6.45) is -13.4. The Balaban J connectivity index is 5.40. The zero-order valence-corrected chi connectivity index (χ0v) is 8.79. The Labute approximate surface area is 84.7 Å². The van der Waals surface area contributed by atoms with E-state index in [1.807, 2.05) is 0 Å². The van der Waals surface area contributed by atoms with Crippen molar-refractivity contribution in [2.45, 2.75) is 21.9 Å². The van der Waals surface area contributed by atoms with Crippen molar-refractivity contribution in [1.29, 1.82) is 0 Å². The SMILES string of the molecule is [O]=[Ge]([C](F)(F)C(F)(F)F)[C](F)(F)C(F)(F)F. The second-order valence-corrected chi connectivity index (χ2v) is 6.49. The number of halogens is 10. The van der Waals surface area contributed by atoms with Crippen LogP contribution in [0, 0.1) is 0 Å². The Morgan fingerprint density at radius 2 is 0.750 bits per heavy atom. The summed E-state index contributed by atoms with van der Waals surface area (Å²) >= 11 is -7.35. The summed E-state index contributed by atoms with van der Waals surface area (Å²) in [6, 6.07) is 0. The first kappa shape index (κ1) is 15.6. The molecule has 0 bridgehead atoms. The number of hydrogen-bond acceptors (Lipinski definition) is 1. The molecular formula is C4F10GeO. The van der Waals surface area contributed by atoms with Gasteiger partial charge in [0.1, 0.15) is 0 Å². The minimum absolute atomic E-state index is 6.52. The van der Waals surface area contributed by atoms with Crippen LogP contribution in [0.1, 0.15) is 0 Å². The van der Waals surface area contributed by atoms with Crippen LogP contribution < -0.4 is 0 Å². The summed E-state index contributed by atoms with van der Waals surface area (Å²) in [7, 11) is 0. The molecule has 0 N–H and O–H groups in total. The Bertz CT molecular complexity index is 258. The fourth-order valence-electron chi connectivity index (χ4n) is 0.455. The van der Waals surface area contributed by atoms with Crippen LogP contribution in [0.15, 0.2) is 0 Å². The Morgan fingerprint density at radius 1 is 0.562 bits per heavy atom. The van der Waals surface area contributed by atoms with Gasteiger partial charge in [0.2, 0.25) is 0 Å². The molecule has 0 atom stereocenters. The molecule has 0 aliphatic carbocycles. The first-order valence-electron chi connectivity index (χ1n) is 3.09. The van der Waals surface area contributed by atoms with Crippen molar-refractivity contribution >= 4 is 14.3 Å². The average molecular weight is 327 g/mol. The molecule has 1 nitrogen and oxygen atoms in total. The molecule has 0 unspecified atom stereocenters. The third-order valence-electron chi connectivity index (χ3n) is 1.28. The summed E-state index contributed by atoms with van der Waals surface area (Å²) in [5.74, 6) is 0. The molecule has 0 fully saturated rings. The molecule has 0 aliphatic heterocycles. The first-order chi connectivity index (χ1) is 6.65. The van der Waals surface area contributed by atoms with Crippen LogP contribution in [0.2, 0.25) is 0 Å². The molecule has 0 aromatic rings. The van der Waals surface area contributed by atoms with Gasteiger partial charge in [-0.25, -0.2) is 0 Å². The summed E-state index contributed by atoms with van der Waals surface area (Å²) in [6.45, 7) is 0. The van der Waals surface area contributed by atoms with Crippen molar-refractivity contribution in [3.63, 3.8) is 0 Å². The Kier molecular flexibility index (Phi) is 3.75. The Hall–Kier alpha value is -0.357. The van der Waals surface area contributed by atoms with Crippen LogP contribution in [0.3, 0.4) is 0 Å². The topological polar surface area (TPSA) is 17.1 Å². The van der Waals surface area contributed by atoms with Crippen LogP contribution in [-0.2, 0) is 3.78 Å². The van der Waals surface area contributed by atoms with Crippen LogP contribution >= 0.6 is 0 Å². The zero-order valence-electron chi connectivity index (χ0n) is 6.69. The van der Waals surface area contributed by atoms with Crippen LogP contribution in [0.25, 0.3) is 0 Å². The predicted octanol–water partition coefficient (Wildman–Crippen LogP) is 2.88. The first-order valence-corrected chi connectivity index (χ1v) is 6.05. The molecular weight excluding hydrogens is 327 g/mol. The van der Waals surface area contributed by atoms with Crippen molar-refractivity contribution in [3.8, 4) is 0 Å². The second kappa shape index (κ2) is 3.84. The fraction of sp³-hybridized carbons (Fsp3) is 1.00. The second-order valence-electron chi connectivity index (χ2n) is 2.47. The van der Waals surface area contributed by atoms with E-state index in [1.54, 1.807) is 0 Å². The van der Waals surface area contributed by atoms with Gasteiger partial charge < -0.3 is 0 Å². The van der Waals surface area contributed by atoms with Gasteiger partial charge in [-0.1, -0.05) is 0 Å². The van der Waals surface area contributed by atoms with E-state index < -0.39 is 36.1 Å². The molecule has 16 heavy (non-hydrogen) atoms. The normalized spacial score (nSPS) is 15.1. The molecule has 0 aromatic heterocycles. The van der Waals surface area contributed by atoms with Crippen LogP contribution in [-0.4, -0.2) is 36.1 Å². The molecule has 0 saturated heterocycles. The predicted molar refractivity (Wildman–Crippen MR) is 28.4 cm³/mol. The molecule has 0 radical (unpaired) electrons. The van der Waals surface area contributed by atoms with Gasteiger partial charge in [0, 0.05) is 0 Å².